The van der Waals surface area contributed by atoms with E-state index in [1.807, 2.05) is 0 Å². The van der Waals surface area contributed by atoms with Crippen molar-refractivity contribution in [3.05, 3.63) is 23.2 Å². The maximum Gasteiger partial charge on any atom is 0.246 e. The van der Waals surface area contributed by atoms with Gasteiger partial charge < -0.3 is 15.0 Å². The molecule has 7 nitrogen and oxygen atoms in total. The smallest absolute Gasteiger partial charge is 0.246 e. The molecule has 0 saturated carbocycles. The van der Waals surface area contributed by atoms with Gasteiger partial charge in [-0.1, -0.05) is 11.6 Å². The Hall–Kier alpha value is -1.35. The lowest BCUT2D eigenvalue weighted by atomic mass is 9.96. The van der Waals surface area contributed by atoms with Crippen molar-refractivity contribution in [3.8, 4) is 5.75 Å². The summed E-state index contributed by atoms with van der Waals surface area (Å²) in [4.78, 5) is 14.9. The van der Waals surface area contributed by atoms with Crippen LogP contribution in [0.4, 0.5) is 0 Å². The van der Waals surface area contributed by atoms with Crippen LogP contribution < -0.4 is 10.1 Å². The molecule has 156 valence electrons. The van der Waals surface area contributed by atoms with Crippen LogP contribution in [0, 0.1) is 5.92 Å². The van der Waals surface area contributed by atoms with Crippen LogP contribution in [-0.4, -0.2) is 69.9 Å². The van der Waals surface area contributed by atoms with Gasteiger partial charge in [-0.05, 0) is 64.0 Å². The normalized spacial score (nSPS) is 20.8. The summed E-state index contributed by atoms with van der Waals surface area (Å²) in [7, 11) is -0.204. The van der Waals surface area contributed by atoms with E-state index in [-0.39, 0.29) is 28.5 Å². The Morgan fingerprint density at radius 1 is 1.14 bits per heavy atom. The molecule has 1 aromatic rings. The quantitative estimate of drug-likeness (QED) is 0.774. The van der Waals surface area contributed by atoms with Crippen LogP contribution in [0.25, 0.3) is 0 Å². The lowest BCUT2D eigenvalue weighted by Crippen LogP contribution is -2.48. The highest BCUT2D eigenvalue weighted by Crippen LogP contribution is 2.32. The first-order chi connectivity index (χ1) is 13.3. The van der Waals surface area contributed by atoms with Gasteiger partial charge in [0, 0.05) is 30.1 Å². The molecule has 9 heteroatoms. The molecule has 1 amide bonds. The minimum Gasteiger partial charge on any atom is -0.495 e. The van der Waals surface area contributed by atoms with Crippen molar-refractivity contribution < 1.29 is 17.9 Å². The largest absolute Gasteiger partial charge is 0.495 e. The van der Waals surface area contributed by atoms with E-state index in [2.05, 4.69) is 17.3 Å². The summed E-state index contributed by atoms with van der Waals surface area (Å²) in [5.74, 6) is 0.172. The Kier molecular flexibility index (Phi) is 6.85. The van der Waals surface area contributed by atoms with Gasteiger partial charge in [0.1, 0.15) is 10.6 Å². The zero-order valence-electron chi connectivity index (χ0n) is 16.4. The second kappa shape index (κ2) is 8.98. The van der Waals surface area contributed by atoms with Crippen LogP contribution in [0.2, 0.25) is 5.02 Å². The Balaban J connectivity index is 1.60. The third kappa shape index (κ3) is 4.79. The highest BCUT2D eigenvalue weighted by Gasteiger charge is 2.34. The molecule has 1 N–H and O–H groups in total. The minimum absolute atomic E-state index is 0.0481. The topological polar surface area (TPSA) is 79.0 Å². The summed E-state index contributed by atoms with van der Waals surface area (Å²) in [6.45, 7) is 2.60. The van der Waals surface area contributed by atoms with Gasteiger partial charge in [-0.3, -0.25) is 4.79 Å². The second-order valence-corrected chi connectivity index (χ2v) is 9.90. The van der Waals surface area contributed by atoms with E-state index in [4.69, 9.17) is 16.3 Å². The number of hydrogen-bond donors (Lipinski definition) is 1. The first-order valence-corrected chi connectivity index (χ1v) is 11.5. The van der Waals surface area contributed by atoms with E-state index in [1.54, 1.807) is 12.1 Å². The number of carbonyl (C=O) groups is 1. The van der Waals surface area contributed by atoms with E-state index in [1.165, 1.54) is 17.5 Å². The van der Waals surface area contributed by atoms with Crippen molar-refractivity contribution in [3.63, 3.8) is 0 Å². The van der Waals surface area contributed by atoms with Gasteiger partial charge in [0.2, 0.25) is 15.9 Å². The SMILES string of the molecule is COc1ccc(Cl)cc1S(=O)(=O)N1CCC(C(=O)NC2CCN(C)CC2)CC1. The molecule has 2 heterocycles. The summed E-state index contributed by atoms with van der Waals surface area (Å²) in [6, 6.07) is 4.78. The molecule has 0 spiro atoms. The molecular formula is C19H28ClN3O4S. The number of benzene rings is 1. The number of nitrogens with one attached hydrogen (secondary N) is 1. The summed E-state index contributed by atoms with van der Waals surface area (Å²) < 4.78 is 32.7. The van der Waals surface area contributed by atoms with Gasteiger partial charge >= 0.3 is 0 Å². The average Bonchev–Trinajstić information content (AvgIpc) is 2.69. The summed E-state index contributed by atoms with van der Waals surface area (Å²) in [5.41, 5.74) is 0. The molecule has 3 rings (SSSR count). The number of nitrogens with zero attached hydrogens (tertiary/aromatic N) is 2. The Labute approximate surface area is 172 Å². The van der Waals surface area contributed by atoms with E-state index < -0.39 is 10.0 Å². The van der Waals surface area contributed by atoms with Crippen molar-refractivity contribution >= 4 is 27.5 Å². The van der Waals surface area contributed by atoms with Crippen molar-refractivity contribution in [2.75, 3.05) is 40.3 Å². The third-order valence-electron chi connectivity index (χ3n) is 5.63. The van der Waals surface area contributed by atoms with Crippen LogP contribution in [0.5, 0.6) is 5.75 Å². The van der Waals surface area contributed by atoms with Gasteiger partial charge in [-0.15, -0.1) is 0 Å². The van der Waals surface area contributed by atoms with E-state index in [0.717, 1.165) is 25.9 Å². The molecule has 0 radical (unpaired) electrons. The fraction of sp³-hybridized carbons (Fsp3) is 0.632. The predicted molar refractivity (Wildman–Crippen MR) is 108 cm³/mol. The number of amides is 1. The number of hydrogen-bond acceptors (Lipinski definition) is 5. The number of rotatable bonds is 5. The molecule has 0 atom stereocenters. The number of halogens is 1. The molecule has 2 fully saturated rings. The van der Waals surface area contributed by atoms with Crippen molar-refractivity contribution in [2.45, 2.75) is 36.6 Å². The standard InChI is InChI=1S/C19H28ClN3O4S/c1-22-9-7-16(8-10-22)21-19(24)14-5-11-23(12-6-14)28(25,26)18-13-15(20)3-4-17(18)27-2/h3-4,13-14,16H,5-12H2,1-2H3,(H,21,24). The molecule has 0 bridgehead atoms. The van der Waals surface area contributed by atoms with Crippen molar-refractivity contribution in [2.24, 2.45) is 5.92 Å². The van der Waals surface area contributed by atoms with Gasteiger partial charge in [0.15, 0.2) is 0 Å². The van der Waals surface area contributed by atoms with Crippen LogP contribution in [-0.2, 0) is 14.8 Å². The van der Waals surface area contributed by atoms with Gasteiger partial charge in [-0.2, -0.15) is 4.31 Å². The summed E-state index contributed by atoms with van der Waals surface area (Å²) in [5, 5.41) is 3.49. The minimum atomic E-state index is -3.72. The maximum atomic E-state index is 13.0. The molecule has 0 unspecified atom stereocenters. The average molecular weight is 430 g/mol. The predicted octanol–water partition coefficient (Wildman–Crippen LogP) is 1.96. The first kappa shape index (κ1) is 21.4. The Morgan fingerprint density at radius 3 is 2.39 bits per heavy atom. The molecule has 2 aliphatic heterocycles. The molecule has 28 heavy (non-hydrogen) atoms. The summed E-state index contributed by atoms with van der Waals surface area (Å²) in [6.07, 6.45) is 2.95. The third-order valence-corrected chi connectivity index (χ3v) is 7.79. The molecule has 2 saturated heterocycles. The lowest BCUT2D eigenvalue weighted by Gasteiger charge is -2.33. The van der Waals surface area contributed by atoms with E-state index >= 15 is 0 Å². The zero-order valence-corrected chi connectivity index (χ0v) is 17.9. The van der Waals surface area contributed by atoms with Crippen LogP contribution in [0.3, 0.4) is 0 Å². The number of methoxy groups -OCH3 is 1. The highest BCUT2D eigenvalue weighted by atomic mass is 35.5. The maximum absolute atomic E-state index is 13.0. The fourth-order valence-corrected chi connectivity index (χ4v) is 5.71. The second-order valence-electron chi connectivity index (χ2n) is 7.56. The van der Waals surface area contributed by atoms with Gasteiger partial charge in [-0.25, -0.2) is 8.42 Å². The Morgan fingerprint density at radius 2 is 1.79 bits per heavy atom. The van der Waals surface area contributed by atoms with Crippen molar-refractivity contribution in [1.82, 2.24) is 14.5 Å². The number of likely N-dealkylation sites (tertiary alicyclic amines) is 1. The lowest BCUT2D eigenvalue weighted by molar-refractivity contribution is -0.127. The van der Waals surface area contributed by atoms with Gasteiger partial charge in [0.25, 0.3) is 0 Å². The van der Waals surface area contributed by atoms with Gasteiger partial charge in [0.05, 0.1) is 7.11 Å². The monoisotopic (exact) mass is 429 g/mol. The Bertz CT molecular complexity index is 801. The molecule has 2 aliphatic rings. The highest BCUT2D eigenvalue weighted by molar-refractivity contribution is 7.89. The number of ether oxygens (including phenoxy) is 1. The fourth-order valence-electron chi connectivity index (χ4n) is 3.82. The van der Waals surface area contributed by atoms with E-state index in [9.17, 15) is 13.2 Å². The van der Waals surface area contributed by atoms with Crippen LogP contribution >= 0.6 is 11.6 Å². The zero-order chi connectivity index (χ0) is 20.3. The number of carbonyl (C=O) groups excluding carboxylic acids is 1. The van der Waals surface area contributed by atoms with Crippen LogP contribution in [0.15, 0.2) is 23.1 Å². The van der Waals surface area contributed by atoms with E-state index in [0.29, 0.717) is 31.0 Å². The number of sulfonamides is 1. The molecular weight excluding hydrogens is 402 g/mol. The number of piperidine rings is 2. The van der Waals surface area contributed by atoms with Crippen molar-refractivity contribution in [1.29, 1.82) is 0 Å². The van der Waals surface area contributed by atoms with Crippen LogP contribution in [0.1, 0.15) is 25.7 Å². The first-order valence-electron chi connectivity index (χ1n) is 9.64. The molecule has 1 aromatic carbocycles. The molecule has 0 aromatic heterocycles. The summed E-state index contributed by atoms with van der Waals surface area (Å²) >= 11 is 5.99. The molecule has 0 aliphatic carbocycles.